The van der Waals surface area contributed by atoms with E-state index in [9.17, 15) is 5.11 Å². The predicted molar refractivity (Wildman–Crippen MR) is 54.3 cm³/mol. The standard InChI is InChI=1S/C10H20N2O2/c1-11-3-5-12(6-4-11)9-8-14-7-2-10(9)13/h9-10,13H,2-8H2,1H3. The number of likely N-dealkylation sites (N-methyl/N-ethyl adjacent to an activating group) is 1. The fraction of sp³-hybridized carbons (Fsp3) is 1.00. The average Bonchev–Trinajstić information content (AvgIpc) is 2.20. The molecule has 1 N–H and O–H groups in total. The van der Waals surface area contributed by atoms with Gasteiger partial charge in [-0.25, -0.2) is 0 Å². The molecule has 4 nitrogen and oxygen atoms in total. The van der Waals surface area contributed by atoms with E-state index in [0.29, 0.717) is 13.2 Å². The summed E-state index contributed by atoms with van der Waals surface area (Å²) in [6, 6.07) is 0.234. The third-order valence-corrected chi connectivity index (χ3v) is 3.30. The molecule has 0 aromatic rings. The zero-order valence-corrected chi connectivity index (χ0v) is 8.85. The maximum absolute atomic E-state index is 9.85. The molecule has 2 aliphatic heterocycles. The summed E-state index contributed by atoms with van der Waals surface area (Å²) in [4.78, 5) is 4.69. The van der Waals surface area contributed by atoms with Crippen LogP contribution >= 0.6 is 0 Å². The minimum absolute atomic E-state index is 0.188. The summed E-state index contributed by atoms with van der Waals surface area (Å²) in [5.74, 6) is 0. The number of piperazine rings is 1. The van der Waals surface area contributed by atoms with Gasteiger partial charge in [-0.05, 0) is 13.5 Å². The predicted octanol–water partition coefficient (Wildman–Crippen LogP) is -0.616. The molecule has 2 saturated heterocycles. The van der Waals surface area contributed by atoms with E-state index in [4.69, 9.17) is 4.74 Å². The van der Waals surface area contributed by atoms with Gasteiger partial charge >= 0.3 is 0 Å². The van der Waals surface area contributed by atoms with Crippen LogP contribution in [0.15, 0.2) is 0 Å². The molecule has 0 radical (unpaired) electrons. The number of aliphatic hydroxyl groups is 1. The first kappa shape index (κ1) is 10.4. The highest BCUT2D eigenvalue weighted by molar-refractivity contribution is 4.84. The van der Waals surface area contributed by atoms with Crippen LogP contribution in [0.4, 0.5) is 0 Å². The van der Waals surface area contributed by atoms with E-state index in [-0.39, 0.29) is 12.1 Å². The fourth-order valence-corrected chi connectivity index (χ4v) is 2.21. The molecule has 2 rings (SSSR count). The van der Waals surface area contributed by atoms with Crippen molar-refractivity contribution in [3.05, 3.63) is 0 Å². The number of aliphatic hydroxyl groups excluding tert-OH is 1. The molecule has 2 atom stereocenters. The van der Waals surface area contributed by atoms with Gasteiger partial charge in [0.05, 0.1) is 18.8 Å². The molecule has 0 aliphatic carbocycles. The van der Waals surface area contributed by atoms with Gasteiger partial charge < -0.3 is 14.7 Å². The van der Waals surface area contributed by atoms with E-state index < -0.39 is 0 Å². The van der Waals surface area contributed by atoms with Crippen molar-refractivity contribution in [3.63, 3.8) is 0 Å². The maximum Gasteiger partial charge on any atom is 0.0739 e. The maximum atomic E-state index is 9.85. The van der Waals surface area contributed by atoms with Gasteiger partial charge in [0.1, 0.15) is 0 Å². The molecule has 0 spiro atoms. The van der Waals surface area contributed by atoms with Gasteiger partial charge in [0.2, 0.25) is 0 Å². The second-order valence-electron chi connectivity index (χ2n) is 4.34. The molecule has 2 heterocycles. The van der Waals surface area contributed by atoms with Gasteiger partial charge in [0, 0.05) is 32.8 Å². The van der Waals surface area contributed by atoms with E-state index in [1.165, 1.54) is 0 Å². The zero-order chi connectivity index (χ0) is 9.97. The van der Waals surface area contributed by atoms with Crippen LogP contribution in [0.25, 0.3) is 0 Å². The quantitative estimate of drug-likeness (QED) is 0.612. The number of hydrogen-bond donors (Lipinski definition) is 1. The van der Waals surface area contributed by atoms with Crippen molar-refractivity contribution in [3.8, 4) is 0 Å². The van der Waals surface area contributed by atoms with Gasteiger partial charge in [0.25, 0.3) is 0 Å². The van der Waals surface area contributed by atoms with Crippen LogP contribution in [0.2, 0.25) is 0 Å². The molecule has 0 saturated carbocycles. The lowest BCUT2D eigenvalue weighted by Crippen LogP contribution is -2.56. The Labute approximate surface area is 85.4 Å². The summed E-state index contributed by atoms with van der Waals surface area (Å²) in [5, 5.41) is 9.85. The van der Waals surface area contributed by atoms with Crippen molar-refractivity contribution in [1.29, 1.82) is 0 Å². The van der Waals surface area contributed by atoms with E-state index >= 15 is 0 Å². The molecular formula is C10H20N2O2. The van der Waals surface area contributed by atoms with Gasteiger partial charge in [0.15, 0.2) is 0 Å². The van der Waals surface area contributed by atoms with Crippen LogP contribution in [0.5, 0.6) is 0 Å². The van der Waals surface area contributed by atoms with E-state index in [2.05, 4.69) is 16.8 Å². The molecule has 2 fully saturated rings. The SMILES string of the molecule is CN1CCN(C2COCCC2O)CC1. The number of ether oxygens (including phenoxy) is 1. The molecule has 2 aliphatic rings. The van der Waals surface area contributed by atoms with Crippen LogP contribution in [0.1, 0.15) is 6.42 Å². The highest BCUT2D eigenvalue weighted by atomic mass is 16.5. The smallest absolute Gasteiger partial charge is 0.0739 e. The first-order valence-corrected chi connectivity index (χ1v) is 5.46. The summed E-state index contributed by atoms with van der Waals surface area (Å²) in [5.41, 5.74) is 0. The first-order valence-electron chi connectivity index (χ1n) is 5.46. The second-order valence-corrected chi connectivity index (χ2v) is 4.34. The highest BCUT2D eigenvalue weighted by Crippen LogP contribution is 2.15. The topological polar surface area (TPSA) is 35.9 Å². The minimum Gasteiger partial charge on any atom is -0.391 e. The summed E-state index contributed by atoms with van der Waals surface area (Å²) in [6.45, 7) is 5.73. The lowest BCUT2D eigenvalue weighted by Gasteiger charge is -2.41. The molecule has 82 valence electrons. The second kappa shape index (κ2) is 4.57. The van der Waals surface area contributed by atoms with Crippen molar-refractivity contribution in [1.82, 2.24) is 9.80 Å². The van der Waals surface area contributed by atoms with Crippen molar-refractivity contribution in [2.75, 3.05) is 46.4 Å². The van der Waals surface area contributed by atoms with Crippen LogP contribution in [0, 0.1) is 0 Å². The summed E-state index contributed by atoms with van der Waals surface area (Å²) in [7, 11) is 2.14. The number of hydrogen-bond acceptors (Lipinski definition) is 4. The molecule has 4 heteroatoms. The zero-order valence-electron chi connectivity index (χ0n) is 8.85. The van der Waals surface area contributed by atoms with Gasteiger partial charge in [-0.1, -0.05) is 0 Å². The largest absolute Gasteiger partial charge is 0.391 e. The lowest BCUT2D eigenvalue weighted by molar-refractivity contribution is -0.0701. The fourth-order valence-electron chi connectivity index (χ4n) is 2.21. The van der Waals surface area contributed by atoms with Gasteiger partial charge in [-0.2, -0.15) is 0 Å². The van der Waals surface area contributed by atoms with Crippen LogP contribution in [-0.4, -0.2) is 73.5 Å². The summed E-state index contributed by atoms with van der Waals surface area (Å²) in [6.07, 6.45) is 0.601. The average molecular weight is 200 g/mol. The van der Waals surface area contributed by atoms with Crippen molar-refractivity contribution >= 4 is 0 Å². The van der Waals surface area contributed by atoms with Crippen LogP contribution in [0.3, 0.4) is 0 Å². The Kier molecular flexibility index (Phi) is 3.38. The molecule has 14 heavy (non-hydrogen) atoms. The first-order chi connectivity index (χ1) is 6.77. The summed E-state index contributed by atoms with van der Waals surface area (Å²) < 4.78 is 5.42. The third-order valence-electron chi connectivity index (χ3n) is 3.30. The number of rotatable bonds is 1. The molecule has 2 unspecified atom stereocenters. The molecule has 0 amide bonds. The highest BCUT2D eigenvalue weighted by Gasteiger charge is 2.30. The third kappa shape index (κ3) is 2.25. The van der Waals surface area contributed by atoms with Crippen molar-refractivity contribution < 1.29 is 9.84 Å². The van der Waals surface area contributed by atoms with E-state index in [1.807, 2.05) is 0 Å². The van der Waals surface area contributed by atoms with Crippen molar-refractivity contribution in [2.24, 2.45) is 0 Å². The molecule has 0 aromatic carbocycles. The Morgan fingerprint density at radius 1 is 1.21 bits per heavy atom. The lowest BCUT2D eigenvalue weighted by atomic mass is 10.0. The Hall–Kier alpha value is -0.160. The van der Waals surface area contributed by atoms with Crippen LogP contribution in [-0.2, 0) is 4.74 Å². The van der Waals surface area contributed by atoms with Gasteiger partial charge in [-0.15, -0.1) is 0 Å². The Morgan fingerprint density at radius 3 is 2.57 bits per heavy atom. The molecule has 0 bridgehead atoms. The van der Waals surface area contributed by atoms with Crippen LogP contribution < -0.4 is 0 Å². The minimum atomic E-state index is -0.188. The summed E-state index contributed by atoms with van der Waals surface area (Å²) >= 11 is 0. The van der Waals surface area contributed by atoms with Gasteiger partial charge in [-0.3, -0.25) is 4.90 Å². The Bertz CT molecular complexity index is 181. The molecular weight excluding hydrogens is 180 g/mol. The Morgan fingerprint density at radius 2 is 1.93 bits per heavy atom. The monoisotopic (exact) mass is 200 g/mol. The van der Waals surface area contributed by atoms with E-state index in [1.54, 1.807) is 0 Å². The molecule has 0 aromatic heterocycles. The van der Waals surface area contributed by atoms with E-state index in [0.717, 1.165) is 32.6 Å². The Balaban J connectivity index is 1.87. The normalized spacial score (nSPS) is 37.3. The van der Waals surface area contributed by atoms with Crippen molar-refractivity contribution in [2.45, 2.75) is 18.6 Å². The number of nitrogens with zero attached hydrogens (tertiary/aromatic N) is 2.